The largest absolute Gasteiger partial charge is 0.481 e. The summed E-state index contributed by atoms with van der Waals surface area (Å²) in [5.41, 5.74) is -0.524. The van der Waals surface area contributed by atoms with Crippen LogP contribution in [-0.4, -0.2) is 49.6 Å². The van der Waals surface area contributed by atoms with Crippen LogP contribution in [-0.2, 0) is 14.3 Å². The lowest BCUT2D eigenvalue weighted by Crippen LogP contribution is -2.63. The zero-order valence-corrected chi connectivity index (χ0v) is 8.58. The van der Waals surface area contributed by atoms with E-state index in [1.165, 1.54) is 0 Å². The van der Waals surface area contributed by atoms with Crippen LogP contribution in [0.15, 0.2) is 0 Å². The molecule has 1 saturated heterocycles. The first-order chi connectivity index (χ1) is 6.58. The summed E-state index contributed by atoms with van der Waals surface area (Å²) in [6, 6.07) is 0. The molecule has 0 saturated carbocycles. The summed E-state index contributed by atoms with van der Waals surface area (Å²) >= 11 is 0. The maximum atomic E-state index is 10.6. The molecule has 0 spiro atoms. The van der Waals surface area contributed by atoms with E-state index >= 15 is 0 Å². The van der Waals surface area contributed by atoms with E-state index in [1.54, 1.807) is 7.11 Å². The van der Waals surface area contributed by atoms with E-state index in [0.29, 0.717) is 19.7 Å². The number of methoxy groups -OCH3 is 1. The Kier molecular flexibility index (Phi) is 3.86. The van der Waals surface area contributed by atoms with Crippen LogP contribution >= 0.6 is 0 Å². The molecule has 1 unspecified atom stereocenters. The molecule has 82 valence electrons. The second-order valence-corrected chi connectivity index (χ2v) is 3.74. The molecule has 1 atom stereocenters. The third kappa shape index (κ3) is 2.94. The molecule has 1 aliphatic rings. The van der Waals surface area contributed by atoms with Crippen molar-refractivity contribution < 1.29 is 19.4 Å². The number of carboxylic acids is 1. The molecule has 1 aliphatic heterocycles. The van der Waals surface area contributed by atoms with Crippen LogP contribution in [0.25, 0.3) is 0 Å². The number of ether oxygens (including phenoxy) is 2. The molecule has 5 nitrogen and oxygen atoms in total. The highest BCUT2D eigenvalue weighted by Crippen LogP contribution is 2.23. The van der Waals surface area contributed by atoms with Crippen molar-refractivity contribution in [3.8, 4) is 0 Å². The summed E-state index contributed by atoms with van der Waals surface area (Å²) in [6.07, 6.45) is -0.0184. The standard InChI is InChI=1S/C9H17NO4/c1-7(4-13-2)14-9(3-8(11)12)5-10-6-9/h7,10H,3-6H2,1-2H3,(H,11,12). The zero-order chi connectivity index (χ0) is 10.6. The Morgan fingerprint density at radius 1 is 1.64 bits per heavy atom. The molecule has 14 heavy (non-hydrogen) atoms. The Bertz CT molecular complexity index is 203. The topological polar surface area (TPSA) is 67.8 Å². The molecule has 1 fully saturated rings. The number of carboxylic acid groups (broad SMARTS) is 1. The maximum absolute atomic E-state index is 10.6. The van der Waals surface area contributed by atoms with Crippen LogP contribution in [0.4, 0.5) is 0 Å². The lowest BCUT2D eigenvalue weighted by atomic mass is 9.92. The molecular weight excluding hydrogens is 186 g/mol. The van der Waals surface area contributed by atoms with Gasteiger partial charge in [-0.25, -0.2) is 0 Å². The number of nitrogens with one attached hydrogen (secondary N) is 1. The highest BCUT2D eigenvalue weighted by atomic mass is 16.5. The molecular formula is C9H17NO4. The van der Waals surface area contributed by atoms with Gasteiger partial charge in [-0.3, -0.25) is 4.79 Å². The first-order valence-electron chi connectivity index (χ1n) is 4.67. The SMILES string of the molecule is COCC(C)OC1(CC(=O)O)CNC1. The van der Waals surface area contributed by atoms with Gasteiger partial charge in [0.2, 0.25) is 0 Å². The van der Waals surface area contributed by atoms with E-state index < -0.39 is 11.6 Å². The Balaban J connectivity index is 2.40. The number of hydrogen-bond acceptors (Lipinski definition) is 4. The summed E-state index contributed by atoms with van der Waals surface area (Å²) in [5.74, 6) is -0.823. The van der Waals surface area contributed by atoms with Gasteiger partial charge in [-0.2, -0.15) is 0 Å². The van der Waals surface area contributed by atoms with E-state index in [1.807, 2.05) is 6.92 Å². The van der Waals surface area contributed by atoms with Crippen LogP contribution in [0.3, 0.4) is 0 Å². The van der Waals surface area contributed by atoms with Crippen molar-refractivity contribution in [1.82, 2.24) is 5.32 Å². The molecule has 1 rings (SSSR count). The molecule has 0 aromatic heterocycles. The average Bonchev–Trinajstić information content (AvgIpc) is 1.99. The Morgan fingerprint density at radius 3 is 2.64 bits per heavy atom. The van der Waals surface area contributed by atoms with Crippen molar-refractivity contribution in [2.24, 2.45) is 0 Å². The first kappa shape index (κ1) is 11.4. The first-order valence-corrected chi connectivity index (χ1v) is 4.67. The van der Waals surface area contributed by atoms with Gasteiger partial charge in [0.25, 0.3) is 0 Å². The molecule has 2 N–H and O–H groups in total. The summed E-state index contributed by atoms with van der Waals surface area (Å²) in [6.45, 7) is 3.58. The van der Waals surface area contributed by atoms with Crippen molar-refractivity contribution in [3.05, 3.63) is 0 Å². The quantitative estimate of drug-likeness (QED) is 0.628. The number of carbonyl (C=O) groups is 1. The Morgan fingerprint density at radius 2 is 2.29 bits per heavy atom. The van der Waals surface area contributed by atoms with Gasteiger partial charge in [0, 0.05) is 20.2 Å². The normalized spacial score (nSPS) is 21.3. The highest BCUT2D eigenvalue weighted by molar-refractivity contribution is 5.68. The zero-order valence-electron chi connectivity index (χ0n) is 8.58. The molecule has 0 aliphatic carbocycles. The van der Waals surface area contributed by atoms with Crippen molar-refractivity contribution >= 4 is 5.97 Å². The van der Waals surface area contributed by atoms with Gasteiger partial charge < -0.3 is 19.9 Å². The van der Waals surface area contributed by atoms with E-state index in [0.717, 1.165) is 0 Å². The number of rotatable bonds is 6. The molecule has 0 radical (unpaired) electrons. The molecule has 0 aromatic carbocycles. The minimum atomic E-state index is -0.823. The van der Waals surface area contributed by atoms with Gasteiger partial charge in [0.05, 0.1) is 19.1 Å². The smallest absolute Gasteiger partial charge is 0.306 e. The summed E-state index contributed by atoms with van der Waals surface area (Å²) in [7, 11) is 1.60. The van der Waals surface area contributed by atoms with Crippen molar-refractivity contribution in [1.29, 1.82) is 0 Å². The van der Waals surface area contributed by atoms with Crippen LogP contribution in [0, 0.1) is 0 Å². The predicted octanol–water partition coefficient (Wildman–Crippen LogP) is -0.145. The average molecular weight is 203 g/mol. The van der Waals surface area contributed by atoms with Crippen LogP contribution in [0.2, 0.25) is 0 Å². The van der Waals surface area contributed by atoms with Gasteiger partial charge >= 0.3 is 5.97 Å². The van der Waals surface area contributed by atoms with Gasteiger partial charge in [0.1, 0.15) is 5.60 Å². The van der Waals surface area contributed by atoms with E-state index in [4.69, 9.17) is 14.6 Å². The third-order valence-electron chi connectivity index (χ3n) is 2.22. The molecule has 5 heteroatoms. The fourth-order valence-electron chi connectivity index (χ4n) is 1.62. The van der Waals surface area contributed by atoms with Gasteiger partial charge in [0.15, 0.2) is 0 Å². The lowest BCUT2D eigenvalue weighted by molar-refractivity contribution is -0.162. The van der Waals surface area contributed by atoms with Crippen LogP contribution < -0.4 is 5.32 Å². The lowest BCUT2D eigenvalue weighted by Gasteiger charge is -2.43. The second kappa shape index (κ2) is 4.72. The fraction of sp³-hybridized carbons (Fsp3) is 0.889. The van der Waals surface area contributed by atoms with Crippen LogP contribution in [0.1, 0.15) is 13.3 Å². The van der Waals surface area contributed by atoms with Crippen molar-refractivity contribution in [3.63, 3.8) is 0 Å². The summed E-state index contributed by atoms with van der Waals surface area (Å²) < 4.78 is 10.6. The Labute approximate surface area is 83.4 Å². The Hall–Kier alpha value is -0.650. The minimum absolute atomic E-state index is 0.0497. The fourth-order valence-corrected chi connectivity index (χ4v) is 1.62. The molecule has 0 aromatic rings. The maximum Gasteiger partial charge on any atom is 0.306 e. The van der Waals surface area contributed by atoms with Gasteiger partial charge in [-0.1, -0.05) is 0 Å². The third-order valence-corrected chi connectivity index (χ3v) is 2.22. The van der Waals surface area contributed by atoms with E-state index in [-0.39, 0.29) is 12.5 Å². The predicted molar refractivity (Wildman–Crippen MR) is 50.3 cm³/mol. The summed E-state index contributed by atoms with van der Waals surface area (Å²) in [4.78, 5) is 10.6. The summed E-state index contributed by atoms with van der Waals surface area (Å²) in [5, 5.41) is 11.7. The highest BCUT2D eigenvalue weighted by Gasteiger charge is 2.41. The van der Waals surface area contributed by atoms with E-state index in [2.05, 4.69) is 5.32 Å². The molecule has 1 heterocycles. The van der Waals surface area contributed by atoms with Crippen molar-refractivity contribution in [2.45, 2.75) is 25.0 Å². The van der Waals surface area contributed by atoms with E-state index in [9.17, 15) is 4.79 Å². The van der Waals surface area contributed by atoms with Crippen LogP contribution in [0.5, 0.6) is 0 Å². The van der Waals surface area contributed by atoms with Crippen molar-refractivity contribution in [2.75, 3.05) is 26.8 Å². The van der Waals surface area contributed by atoms with Gasteiger partial charge in [-0.15, -0.1) is 0 Å². The number of hydrogen-bond donors (Lipinski definition) is 2. The van der Waals surface area contributed by atoms with Gasteiger partial charge in [-0.05, 0) is 6.92 Å². The molecule has 0 bridgehead atoms. The second-order valence-electron chi connectivity index (χ2n) is 3.74. The monoisotopic (exact) mass is 203 g/mol. The molecule has 0 amide bonds. The minimum Gasteiger partial charge on any atom is -0.481 e. The number of aliphatic carboxylic acids is 1.